The molecule has 2 aliphatic heterocycles. The predicted octanol–water partition coefficient (Wildman–Crippen LogP) is 1.35. The van der Waals surface area contributed by atoms with E-state index in [-0.39, 0.29) is 11.9 Å². The maximum absolute atomic E-state index is 12.9. The van der Waals surface area contributed by atoms with Crippen LogP contribution in [0.1, 0.15) is 44.7 Å². The van der Waals surface area contributed by atoms with Crippen LogP contribution in [0.5, 0.6) is 11.5 Å². The van der Waals surface area contributed by atoms with E-state index in [0.717, 1.165) is 31.7 Å². The zero-order valence-corrected chi connectivity index (χ0v) is 17.6. The van der Waals surface area contributed by atoms with Gasteiger partial charge in [0.15, 0.2) is 18.2 Å². The van der Waals surface area contributed by atoms with Gasteiger partial charge in [0.05, 0.1) is 20.8 Å². The molecule has 154 valence electrons. The van der Waals surface area contributed by atoms with Crippen LogP contribution in [0.15, 0.2) is 12.1 Å². The molecule has 1 aromatic rings. The van der Waals surface area contributed by atoms with Gasteiger partial charge in [-0.05, 0) is 43.4 Å². The molecule has 2 aliphatic rings. The molecule has 0 radical (unpaired) electrons. The number of nitrogens with one attached hydrogen (secondary N) is 2. The molecule has 0 aliphatic carbocycles. The third-order valence-corrected chi connectivity index (χ3v) is 5.84. The topological polar surface area (TPSA) is 72.3 Å². The average molecular weight is 391 g/mol. The van der Waals surface area contributed by atoms with Crippen molar-refractivity contribution < 1.29 is 24.0 Å². The molecule has 2 N–H and O–H groups in total. The van der Waals surface area contributed by atoms with Crippen molar-refractivity contribution in [2.24, 2.45) is 5.92 Å². The number of methoxy groups -OCH3 is 2. The lowest BCUT2D eigenvalue weighted by Gasteiger charge is -2.29. The zero-order chi connectivity index (χ0) is 20.5. The Morgan fingerprint density at radius 1 is 1.18 bits per heavy atom. The highest BCUT2D eigenvalue weighted by Gasteiger charge is 2.48. The first-order valence-electron chi connectivity index (χ1n) is 9.99. The van der Waals surface area contributed by atoms with Crippen molar-refractivity contribution in [3.8, 4) is 11.5 Å². The van der Waals surface area contributed by atoms with Gasteiger partial charge in [0.1, 0.15) is 12.1 Å². The molecule has 1 aromatic carbocycles. The summed E-state index contributed by atoms with van der Waals surface area (Å²) in [7, 11) is 3.27. The van der Waals surface area contributed by atoms with Gasteiger partial charge in [-0.25, -0.2) is 9.69 Å². The van der Waals surface area contributed by atoms with E-state index in [9.17, 15) is 9.59 Å². The second-order valence-corrected chi connectivity index (χ2v) is 8.49. The Labute approximate surface area is 167 Å². The van der Waals surface area contributed by atoms with E-state index in [1.165, 1.54) is 20.9 Å². The molecular weight excluding hydrogens is 358 g/mol. The van der Waals surface area contributed by atoms with E-state index < -0.39 is 5.54 Å². The van der Waals surface area contributed by atoms with Crippen molar-refractivity contribution in [1.29, 1.82) is 0 Å². The quantitative estimate of drug-likeness (QED) is 0.690. The molecule has 1 fully saturated rings. The van der Waals surface area contributed by atoms with Crippen molar-refractivity contribution in [2.45, 2.75) is 52.1 Å². The maximum atomic E-state index is 12.9. The highest BCUT2D eigenvalue weighted by atomic mass is 16.5. The molecule has 3 rings (SSSR count). The summed E-state index contributed by atoms with van der Waals surface area (Å²) in [6.45, 7) is 8.09. The summed E-state index contributed by atoms with van der Waals surface area (Å²) in [5.74, 6) is 1.83. The van der Waals surface area contributed by atoms with Crippen LogP contribution >= 0.6 is 0 Å². The number of quaternary nitrogens is 1. The Kier molecular flexibility index (Phi) is 5.84. The van der Waals surface area contributed by atoms with Crippen molar-refractivity contribution in [2.75, 3.05) is 27.4 Å². The molecule has 2 heterocycles. The van der Waals surface area contributed by atoms with E-state index in [4.69, 9.17) is 9.47 Å². The minimum Gasteiger partial charge on any atom is -0.493 e. The lowest BCUT2D eigenvalue weighted by Crippen LogP contribution is -3.13. The average Bonchev–Trinajstić information content (AvgIpc) is 2.88. The van der Waals surface area contributed by atoms with Crippen LogP contribution < -0.4 is 19.7 Å². The van der Waals surface area contributed by atoms with Crippen LogP contribution in [0.4, 0.5) is 4.79 Å². The van der Waals surface area contributed by atoms with Gasteiger partial charge in [-0.2, -0.15) is 0 Å². The number of fused-ring (bicyclic) bond motifs is 1. The number of hydrogen-bond donors (Lipinski definition) is 2. The number of hydrogen-bond acceptors (Lipinski definition) is 4. The number of imide groups is 1. The second-order valence-electron chi connectivity index (χ2n) is 8.49. The standard InChI is InChI=1S/C21H31N3O4/c1-14(2)6-8-21(3)19(25)24(20(26)22-21)13-23-9-7-15-10-17(27-4)18(28-5)11-16(15)12-23/h10-11,14H,6-9,12-13H2,1-5H3,(H,22,26)/p+1/t21-/m1/s1. The fraction of sp³-hybridized carbons (Fsp3) is 0.619. The third kappa shape index (κ3) is 3.94. The minimum absolute atomic E-state index is 0.108. The summed E-state index contributed by atoms with van der Waals surface area (Å²) in [5.41, 5.74) is 1.62. The van der Waals surface area contributed by atoms with Crippen molar-refractivity contribution in [3.05, 3.63) is 23.3 Å². The van der Waals surface area contributed by atoms with Crippen LogP contribution in [0, 0.1) is 5.92 Å². The van der Waals surface area contributed by atoms with Crippen LogP contribution in [0.25, 0.3) is 0 Å². The molecule has 7 nitrogen and oxygen atoms in total. The molecule has 0 bridgehead atoms. The summed E-state index contributed by atoms with van der Waals surface area (Å²) in [6, 6.07) is 3.76. The Hall–Kier alpha value is -2.28. The SMILES string of the molecule is COc1cc2c(cc1OC)C[NH+](CN1C(=O)N[C@](C)(CCC(C)C)C1=O)CC2. The molecule has 1 saturated heterocycles. The summed E-state index contributed by atoms with van der Waals surface area (Å²) in [4.78, 5) is 28.0. The molecule has 1 unspecified atom stereocenters. The fourth-order valence-corrected chi connectivity index (χ4v) is 4.03. The van der Waals surface area contributed by atoms with E-state index in [1.54, 1.807) is 14.2 Å². The summed E-state index contributed by atoms with van der Waals surface area (Å²) < 4.78 is 10.8. The molecule has 0 spiro atoms. The second kappa shape index (κ2) is 7.99. The number of benzene rings is 1. The first-order valence-corrected chi connectivity index (χ1v) is 9.99. The number of nitrogens with zero attached hydrogens (tertiary/aromatic N) is 1. The smallest absolute Gasteiger partial charge is 0.329 e. The van der Waals surface area contributed by atoms with Crippen LogP contribution in [0.3, 0.4) is 0 Å². The van der Waals surface area contributed by atoms with Gasteiger partial charge >= 0.3 is 6.03 Å². The Morgan fingerprint density at radius 3 is 2.43 bits per heavy atom. The molecule has 7 heteroatoms. The first kappa shape index (κ1) is 20.5. The largest absolute Gasteiger partial charge is 0.493 e. The normalized spacial score (nSPS) is 24.4. The molecule has 3 amide bonds. The molecule has 0 aromatic heterocycles. The number of rotatable bonds is 7. The van der Waals surface area contributed by atoms with Gasteiger partial charge in [0.25, 0.3) is 5.91 Å². The van der Waals surface area contributed by atoms with Crippen LogP contribution in [-0.4, -0.2) is 49.8 Å². The van der Waals surface area contributed by atoms with Gasteiger partial charge in [0, 0.05) is 12.0 Å². The monoisotopic (exact) mass is 390 g/mol. The van der Waals surface area contributed by atoms with Crippen molar-refractivity contribution >= 4 is 11.9 Å². The summed E-state index contributed by atoms with van der Waals surface area (Å²) >= 11 is 0. The first-order chi connectivity index (χ1) is 13.3. The van der Waals surface area contributed by atoms with E-state index in [1.807, 2.05) is 19.1 Å². The Balaban J connectivity index is 1.70. The predicted molar refractivity (Wildman–Crippen MR) is 106 cm³/mol. The molecular formula is C21H32N3O4+. The van der Waals surface area contributed by atoms with Crippen LogP contribution in [0.2, 0.25) is 0 Å². The third-order valence-electron chi connectivity index (χ3n) is 5.84. The number of ether oxygens (including phenoxy) is 2. The van der Waals surface area contributed by atoms with Gasteiger partial charge in [-0.3, -0.25) is 4.79 Å². The zero-order valence-electron chi connectivity index (χ0n) is 17.6. The molecule has 2 atom stereocenters. The maximum Gasteiger partial charge on any atom is 0.329 e. The van der Waals surface area contributed by atoms with Gasteiger partial charge in [-0.1, -0.05) is 13.8 Å². The van der Waals surface area contributed by atoms with E-state index >= 15 is 0 Å². The van der Waals surface area contributed by atoms with Gasteiger partial charge in [0.2, 0.25) is 0 Å². The Morgan fingerprint density at radius 2 is 1.82 bits per heavy atom. The lowest BCUT2D eigenvalue weighted by molar-refractivity contribution is -0.923. The van der Waals surface area contributed by atoms with Crippen LogP contribution in [-0.2, 0) is 17.8 Å². The number of carbonyl (C=O) groups is 2. The molecule has 28 heavy (non-hydrogen) atoms. The fourth-order valence-electron chi connectivity index (χ4n) is 4.03. The van der Waals surface area contributed by atoms with E-state index in [2.05, 4.69) is 19.2 Å². The number of urea groups is 1. The Bertz CT molecular complexity index is 764. The highest BCUT2D eigenvalue weighted by molar-refractivity contribution is 6.06. The number of amides is 3. The van der Waals surface area contributed by atoms with Crippen molar-refractivity contribution in [3.63, 3.8) is 0 Å². The van der Waals surface area contributed by atoms with Gasteiger partial charge in [-0.15, -0.1) is 0 Å². The minimum atomic E-state index is -0.787. The molecule has 0 saturated carbocycles. The number of carbonyl (C=O) groups excluding carboxylic acids is 2. The summed E-state index contributed by atoms with van der Waals surface area (Å²) in [6.07, 6.45) is 2.45. The summed E-state index contributed by atoms with van der Waals surface area (Å²) in [5, 5.41) is 2.92. The highest BCUT2D eigenvalue weighted by Crippen LogP contribution is 2.31. The lowest BCUT2D eigenvalue weighted by atomic mass is 9.92. The van der Waals surface area contributed by atoms with Crippen molar-refractivity contribution in [1.82, 2.24) is 10.2 Å². The van der Waals surface area contributed by atoms with Gasteiger partial charge < -0.3 is 19.7 Å². The van der Waals surface area contributed by atoms with E-state index in [0.29, 0.717) is 24.8 Å².